The normalized spacial score (nSPS) is 15.4. The summed E-state index contributed by atoms with van der Waals surface area (Å²) in [5.41, 5.74) is 1.21. The molecule has 0 N–H and O–H groups in total. The maximum atomic E-state index is 12.1. The molecule has 0 saturated carbocycles. The van der Waals surface area contributed by atoms with E-state index < -0.39 is 5.76 Å². The molecule has 2 aromatic rings. The highest BCUT2D eigenvalue weighted by Crippen LogP contribution is 2.19. The van der Waals surface area contributed by atoms with Gasteiger partial charge in [-0.25, -0.2) is 4.79 Å². The number of rotatable bonds is 4. The van der Waals surface area contributed by atoms with E-state index in [0.29, 0.717) is 35.5 Å². The van der Waals surface area contributed by atoms with Crippen LogP contribution < -0.4 is 5.76 Å². The molecule has 1 aromatic carbocycles. The molecule has 1 saturated heterocycles. The van der Waals surface area contributed by atoms with Gasteiger partial charge in [-0.2, -0.15) is 0 Å². The van der Waals surface area contributed by atoms with E-state index in [1.807, 2.05) is 4.90 Å². The molecule has 118 valence electrons. The van der Waals surface area contributed by atoms with Gasteiger partial charge in [-0.15, -0.1) is 0 Å². The van der Waals surface area contributed by atoms with Crippen LogP contribution in [-0.4, -0.2) is 28.5 Å². The van der Waals surface area contributed by atoms with Gasteiger partial charge in [0, 0.05) is 31.1 Å². The molecule has 0 radical (unpaired) electrons. The van der Waals surface area contributed by atoms with Crippen LogP contribution in [0.3, 0.4) is 0 Å². The molecule has 1 fully saturated rings. The lowest BCUT2D eigenvalue weighted by atomic mass is 10.1. The Morgan fingerprint density at radius 3 is 2.77 bits per heavy atom. The van der Waals surface area contributed by atoms with Crippen molar-refractivity contribution < 1.29 is 9.21 Å². The number of nitrogens with zero attached hydrogens (tertiary/aromatic N) is 2. The molecule has 0 aliphatic carbocycles. The number of hydrogen-bond donors (Lipinski definition) is 0. The van der Waals surface area contributed by atoms with Crippen molar-refractivity contribution in [2.45, 2.75) is 38.6 Å². The molecule has 22 heavy (non-hydrogen) atoms. The fourth-order valence-corrected chi connectivity index (χ4v) is 3.10. The number of oxazole rings is 1. The van der Waals surface area contributed by atoms with Gasteiger partial charge in [-0.3, -0.25) is 9.36 Å². The molecule has 1 aliphatic rings. The molecule has 1 amide bonds. The van der Waals surface area contributed by atoms with Gasteiger partial charge < -0.3 is 9.32 Å². The van der Waals surface area contributed by atoms with E-state index in [4.69, 9.17) is 16.0 Å². The first-order valence-corrected chi connectivity index (χ1v) is 8.09. The number of carbonyl (C=O) groups excluding carboxylic acids is 1. The molecular weight excluding hydrogens is 304 g/mol. The van der Waals surface area contributed by atoms with Gasteiger partial charge in [0.15, 0.2) is 5.58 Å². The van der Waals surface area contributed by atoms with E-state index in [-0.39, 0.29) is 5.91 Å². The Bertz CT molecular complexity index is 729. The van der Waals surface area contributed by atoms with Crippen LogP contribution in [0.25, 0.3) is 11.1 Å². The summed E-state index contributed by atoms with van der Waals surface area (Å²) in [6, 6.07) is 5.10. The third kappa shape index (κ3) is 3.19. The van der Waals surface area contributed by atoms with Crippen LogP contribution in [0.5, 0.6) is 0 Å². The van der Waals surface area contributed by atoms with Gasteiger partial charge in [-0.1, -0.05) is 11.6 Å². The van der Waals surface area contributed by atoms with Crippen LogP contribution in [0.15, 0.2) is 27.4 Å². The number of aryl methyl sites for hydroxylation is 1. The number of amides is 1. The van der Waals surface area contributed by atoms with E-state index in [1.165, 1.54) is 6.42 Å². The second-order valence-electron chi connectivity index (χ2n) is 5.68. The van der Waals surface area contributed by atoms with Crippen LogP contribution >= 0.6 is 11.6 Å². The summed E-state index contributed by atoms with van der Waals surface area (Å²) in [6.45, 7) is 2.19. The fraction of sp³-hybridized carbons (Fsp3) is 0.500. The first kappa shape index (κ1) is 15.2. The summed E-state index contributed by atoms with van der Waals surface area (Å²) < 4.78 is 6.73. The zero-order valence-corrected chi connectivity index (χ0v) is 13.1. The van der Waals surface area contributed by atoms with Gasteiger partial charge in [0.25, 0.3) is 0 Å². The molecule has 6 heteroatoms. The van der Waals surface area contributed by atoms with Crippen molar-refractivity contribution in [3.8, 4) is 0 Å². The monoisotopic (exact) mass is 322 g/mol. The number of fused-ring (bicyclic) bond motifs is 1. The highest BCUT2D eigenvalue weighted by atomic mass is 35.5. The van der Waals surface area contributed by atoms with Crippen molar-refractivity contribution in [1.29, 1.82) is 0 Å². The Morgan fingerprint density at radius 1 is 1.23 bits per heavy atom. The van der Waals surface area contributed by atoms with Crippen molar-refractivity contribution in [3.05, 3.63) is 33.8 Å². The predicted molar refractivity (Wildman–Crippen MR) is 85.1 cm³/mol. The molecular formula is C16H19ClN2O3. The molecule has 0 spiro atoms. The zero-order valence-electron chi connectivity index (χ0n) is 12.4. The molecule has 3 rings (SSSR count). The van der Waals surface area contributed by atoms with Crippen molar-refractivity contribution in [2.24, 2.45) is 0 Å². The quantitative estimate of drug-likeness (QED) is 0.869. The minimum Gasteiger partial charge on any atom is -0.408 e. The van der Waals surface area contributed by atoms with Crippen LogP contribution in [0.2, 0.25) is 5.02 Å². The van der Waals surface area contributed by atoms with Gasteiger partial charge in [0.2, 0.25) is 5.91 Å². The summed E-state index contributed by atoms with van der Waals surface area (Å²) in [5, 5.41) is 0.562. The fourth-order valence-electron chi connectivity index (χ4n) is 2.94. The van der Waals surface area contributed by atoms with Crippen LogP contribution in [-0.2, 0) is 11.3 Å². The third-order valence-electron chi connectivity index (χ3n) is 4.11. The van der Waals surface area contributed by atoms with Crippen LogP contribution in [0, 0.1) is 0 Å². The minimum absolute atomic E-state index is 0.179. The Hall–Kier alpha value is -1.75. The van der Waals surface area contributed by atoms with E-state index in [1.54, 1.807) is 22.8 Å². The highest BCUT2D eigenvalue weighted by molar-refractivity contribution is 6.31. The van der Waals surface area contributed by atoms with Gasteiger partial charge in [0.1, 0.15) is 0 Å². The van der Waals surface area contributed by atoms with Crippen molar-refractivity contribution in [2.75, 3.05) is 13.1 Å². The Balaban J connectivity index is 1.64. The Kier molecular flexibility index (Phi) is 4.52. The smallest absolute Gasteiger partial charge is 0.408 e. The predicted octanol–water partition coefficient (Wildman–Crippen LogP) is 3.04. The molecule has 1 aromatic heterocycles. The van der Waals surface area contributed by atoms with Gasteiger partial charge >= 0.3 is 5.76 Å². The summed E-state index contributed by atoms with van der Waals surface area (Å²) >= 11 is 5.97. The first-order valence-electron chi connectivity index (χ1n) is 7.72. The van der Waals surface area contributed by atoms with Crippen molar-refractivity contribution in [1.82, 2.24) is 9.47 Å². The molecule has 2 heterocycles. The molecule has 0 unspecified atom stereocenters. The number of hydrogen-bond acceptors (Lipinski definition) is 3. The standard InChI is InChI=1S/C16H19ClN2O3/c17-12-6-7-14-13(11-12)19(16(21)22-14)10-4-5-15(20)18-8-2-1-3-9-18/h6-7,11H,1-5,8-10H2. The van der Waals surface area contributed by atoms with E-state index in [0.717, 1.165) is 25.9 Å². The minimum atomic E-state index is -0.400. The van der Waals surface area contributed by atoms with Crippen LogP contribution in [0.1, 0.15) is 32.1 Å². The molecule has 5 nitrogen and oxygen atoms in total. The zero-order chi connectivity index (χ0) is 15.5. The molecule has 0 bridgehead atoms. The van der Waals surface area contributed by atoms with Crippen molar-refractivity contribution in [3.63, 3.8) is 0 Å². The molecule has 1 aliphatic heterocycles. The number of piperidine rings is 1. The summed E-state index contributed by atoms with van der Waals surface area (Å²) in [6.07, 6.45) is 4.48. The summed E-state index contributed by atoms with van der Waals surface area (Å²) in [4.78, 5) is 25.9. The second kappa shape index (κ2) is 6.57. The number of benzene rings is 1. The van der Waals surface area contributed by atoms with E-state index in [2.05, 4.69) is 0 Å². The summed E-state index contributed by atoms with van der Waals surface area (Å²) in [5.74, 6) is -0.221. The number of aromatic nitrogens is 1. The van der Waals surface area contributed by atoms with E-state index >= 15 is 0 Å². The first-order chi connectivity index (χ1) is 10.6. The largest absolute Gasteiger partial charge is 0.419 e. The van der Waals surface area contributed by atoms with Crippen LogP contribution in [0.4, 0.5) is 0 Å². The Labute approximate surface area is 133 Å². The highest BCUT2D eigenvalue weighted by Gasteiger charge is 2.16. The van der Waals surface area contributed by atoms with Gasteiger partial charge in [0.05, 0.1) is 5.52 Å². The third-order valence-corrected chi connectivity index (χ3v) is 4.35. The van der Waals surface area contributed by atoms with E-state index in [9.17, 15) is 9.59 Å². The Morgan fingerprint density at radius 2 is 2.00 bits per heavy atom. The topological polar surface area (TPSA) is 55.5 Å². The van der Waals surface area contributed by atoms with Crippen molar-refractivity contribution >= 4 is 28.6 Å². The van der Waals surface area contributed by atoms with Gasteiger partial charge in [-0.05, 0) is 43.9 Å². The molecule has 0 atom stereocenters. The maximum Gasteiger partial charge on any atom is 0.419 e. The summed E-state index contributed by atoms with van der Waals surface area (Å²) in [7, 11) is 0. The SMILES string of the molecule is O=C(CCCn1c(=O)oc2ccc(Cl)cc21)N1CCCCC1. The lowest BCUT2D eigenvalue weighted by Crippen LogP contribution is -2.35. The lowest BCUT2D eigenvalue weighted by molar-refractivity contribution is -0.132. The average Bonchev–Trinajstić information content (AvgIpc) is 2.83. The number of halogens is 1. The maximum absolute atomic E-state index is 12.1. The second-order valence-corrected chi connectivity index (χ2v) is 6.11. The number of likely N-dealkylation sites (tertiary alicyclic amines) is 1. The average molecular weight is 323 g/mol. The lowest BCUT2D eigenvalue weighted by Gasteiger charge is -2.26. The number of carbonyl (C=O) groups is 1.